The average Bonchev–Trinajstić information content (AvgIpc) is 3.72. The van der Waals surface area contributed by atoms with Crippen LogP contribution in [0.3, 0.4) is 0 Å². The molecule has 1 aromatic heterocycles. The van der Waals surface area contributed by atoms with Crippen molar-refractivity contribution in [3.05, 3.63) is 161 Å². The number of benzene rings is 7. The van der Waals surface area contributed by atoms with E-state index in [4.69, 9.17) is 4.42 Å². The Bertz CT molecular complexity index is 3260. The van der Waals surface area contributed by atoms with E-state index in [1.807, 2.05) is 0 Å². The highest BCUT2D eigenvalue weighted by atomic mass is 16.3. The second-order valence-electron chi connectivity index (χ2n) is 22.1. The van der Waals surface area contributed by atoms with Crippen LogP contribution >= 0.6 is 0 Å². The molecule has 12 rings (SSSR count). The molecule has 63 heavy (non-hydrogen) atoms. The van der Waals surface area contributed by atoms with E-state index in [9.17, 15) is 0 Å². The van der Waals surface area contributed by atoms with Crippen molar-refractivity contribution in [2.75, 3.05) is 9.80 Å². The fraction of sp³-hybridized carbons (Fsp3) is 0.288. The molecule has 0 spiro atoms. The molecule has 0 amide bonds. The van der Waals surface area contributed by atoms with E-state index in [0.29, 0.717) is 0 Å². The van der Waals surface area contributed by atoms with Gasteiger partial charge in [0.1, 0.15) is 5.58 Å². The standard InChI is InChI=1S/C59H57BN2O/c1-35-27-51-54-52(28-35)62(48-32-44-41(29-36(48)2)58(7,8)34-59(44,9)10)49-30-38(37-17-12-11-13-18-37)23-24-45(49)60(54)46-31-42-43(57(5,6)26-25-56(42,3)4)33-50(46)61(51)47-21-16-20-40-39-19-14-15-22-53(39)63-55(40)47/h11-24,27-33H,25-26,34H2,1-10H3. The van der Waals surface area contributed by atoms with E-state index in [-0.39, 0.29) is 28.4 Å². The van der Waals surface area contributed by atoms with E-state index < -0.39 is 0 Å². The van der Waals surface area contributed by atoms with E-state index in [1.54, 1.807) is 0 Å². The fourth-order valence-electron chi connectivity index (χ4n) is 12.8. The number of hydrogen-bond acceptors (Lipinski definition) is 3. The highest BCUT2D eigenvalue weighted by Gasteiger charge is 2.48. The lowest BCUT2D eigenvalue weighted by molar-refractivity contribution is 0.332. The average molecular weight is 821 g/mol. The molecule has 4 aliphatic rings. The highest BCUT2D eigenvalue weighted by Crippen LogP contribution is 2.55. The molecule has 3 nitrogen and oxygen atoms in total. The molecule has 312 valence electrons. The van der Waals surface area contributed by atoms with Crippen LogP contribution in [-0.4, -0.2) is 6.71 Å². The van der Waals surface area contributed by atoms with Gasteiger partial charge in [-0.25, -0.2) is 0 Å². The molecule has 7 aromatic carbocycles. The first-order valence-electron chi connectivity index (χ1n) is 23.2. The van der Waals surface area contributed by atoms with Crippen LogP contribution in [0.2, 0.25) is 0 Å². The minimum atomic E-state index is 0.0176. The van der Waals surface area contributed by atoms with Gasteiger partial charge in [-0.3, -0.25) is 0 Å². The maximum Gasteiger partial charge on any atom is 0.252 e. The summed E-state index contributed by atoms with van der Waals surface area (Å²) in [5.74, 6) is 0. The van der Waals surface area contributed by atoms with Crippen LogP contribution in [0.1, 0.15) is 108 Å². The van der Waals surface area contributed by atoms with Crippen LogP contribution in [0.25, 0.3) is 33.1 Å². The van der Waals surface area contributed by atoms with Gasteiger partial charge in [-0.1, -0.05) is 140 Å². The highest BCUT2D eigenvalue weighted by molar-refractivity contribution is 7.00. The monoisotopic (exact) mass is 820 g/mol. The molecule has 0 saturated heterocycles. The van der Waals surface area contributed by atoms with Gasteiger partial charge >= 0.3 is 0 Å². The molecular formula is C59H57BN2O. The minimum absolute atomic E-state index is 0.0176. The van der Waals surface area contributed by atoms with Crippen molar-refractivity contribution in [3.8, 4) is 11.1 Å². The van der Waals surface area contributed by atoms with Crippen LogP contribution in [0.4, 0.5) is 34.1 Å². The van der Waals surface area contributed by atoms with E-state index in [1.165, 1.54) is 89.3 Å². The van der Waals surface area contributed by atoms with Crippen LogP contribution < -0.4 is 26.2 Å². The summed E-state index contributed by atoms with van der Waals surface area (Å²) in [7, 11) is 0. The van der Waals surface area contributed by atoms with Gasteiger partial charge in [0.2, 0.25) is 0 Å². The number of nitrogens with zero attached hydrogens (tertiary/aromatic N) is 2. The van der Waals surface area contributed by atoms with Crippen molar-refractivity contribution < 1.29 is 4.42 Å². The molecule has 2 aliphatic carbocycles. The molecule has 0 radical (unpaired) electrons. The van der Waals surface area contributed by atoms with Gasteiger partial charge in [-0.2, -0.15) is 0 Å². The summed E-state index contributed by atoms with van der Waals surface area (Å²) in [4.78, 5) is 5.24. The molecule has 0 fully saturated rings. The third-order valence-electron chi connectivity index (χ3n) is 15.8. The quantitative estimate of drug-likeness (QED) is 0.166. The molecule has 8 aromatic rings. The van der Waals surface area contributed by atoms with Gasteiger partial charge in [0.25, 0.3) is 6.71 Å². The van der Waals surface area contributed by atoms with Crippen molar-refractivity contribution in [2.24, 2.45) is 0 Å². The van der Waals surface area contributed by atoms with E-state index in [2.05, 4.69) is 206 Å². The Morgan fingerprint density at radius 3 is 1.78 bits per heavy atom. The number of fused-ring (bicyclic) bond motifs is 9. The van der Waals surface area contributed by atoms with Gasteiger partial charge in [-0.15, -0.1) is 0 Å². The molecule has 0 bridgehead atoms. The first-order valence-corrected chi connectivity index (χ1v) is 23.2. The number of rotatable bonds is 3. The van der Waals surface area contributed by atoms with Crippen LogP contribution in [0, 0.1) is 13.8 Å². The number of furan rings is 1. The first kappa shape index (κ1) is 38.7. The van der Waals surface area contributed by atoms with E-state index >= 15 is 0 Å². The third-order valence-corrected chi connectivity index (χ3v) is 15.8. The molecule has 3 heterocycles. The maximum atomic E-state index is 6.93. The molecule has 4 heteroatoms. The molecule has 0 unspecified atom stereocenters. The zero-order valence-corrected chi connectivity index (χ0v) is 38.6. The second kappa shape index (κ2) is 12.8. The Kier molecular flexibility index (Phi) is 7.86. The molecule has 0 atom stereocenters. The summed E-state index contributed by atoms with van der Waals surface area (Å²) in [5.41, 5.74) is 24.4. The van der Waals surface area contributed by atoms with Crippen LogP contribution in [-0.2, 0) is 21.7 Å². The van der Waals surface area contributed by atoms with Crippen molar-refractivity contribution in [1.29, 1.82) is 0 Å². The number of aryl methyl sites for hydroxylation is 2. The Hall–Kier alpha value is -6.00. The first-order chi connectivity index (χ1) is 30.0. The smallest absolute Gasteiger partial charge is 0.252 e. The van der Waals surface area contributed by atoms with Crippen molar-refractivity contribution in [3.63, 3.8) is 0 Å². The van der Waals surface area contributed by atoms with Gasteiger partial charge in [0, 0.05) is 39.2 Å². The summed E-state index contributed by atoms with van der Waals surface area (Å²) < 4.78 is 6.93. The molecule has 2 aliphatic heterocycles. The maximum absolute atomic E-state index is 6.93. The van der Waals surface area contributed by atoms with Gasteiger partial charge in [-0.05, 0) is 158 Å². The Morgan fingerprint density at radius 1 is 0.460 bits per heavy atom. The molecular weight excluding hydrogens is 763 g/mol. The van der Waals surface area contributed by atoms with Crippen molar-refractivity contribution in [1.82, 2.24) is 0 Å². The second-order valence-corrected chi connectivity index (χ2v) is 22.1. The topological polar surface area (TPSA) is 19.6 Å². The van der Waals surface area contributed by atoms with Crippen molar-refractivity contribution >= 4 is 79.2 Å². The van der Waals surface area contributed by atoms with Gasteiger partial charge < -0.3 is 14.2 Å². The zero-order chi connectivity index (χ0) is 43.5. The Morgan fingerprint density at radius 2 is 1.05 bits per heavy atom. The lowest BCUT2D eigenvalue weighted by atomic mass is 9.33. The normalized spacial score (nSPS) is 18.2. The third kappa shape index (κ3) is 5.46. The van der Waals surface area contributed by atoms with Crippen LogP contribution in [0.5, 0.6) is 0 Å². The number of hydrogen-bond donors (Lipinski definition) is 0. The largest absolute Gasteiger partial charge is 0.454 e. The predicted octanol–water partition coefficient (Wildman–Crippen LogP) is 14.3. The zero-order valence-electron chi connectivity index (χ0n) is 38.6. The lowest BCUT2D eigenvalue weighted by Gasteiger charge is -2.47. The number of para-hydroxylation sites is 2. The van der Waals surface area contributed by atoms with Crippen molar-refractivity contribution in [2.45, 2.75) is 110 Å². The number of anilines is 6. The van der Waals surface area contributed by atoms with E-state index in [0.717, 1.165) is 46.9 Å². The minimum Gasteiger partial charge on any atom is -0.454 e. The lowest BCUT2D eigenvalue weighted by Crippen LogP contribution is -2.62. The molecule has 0 N–H and O–H groups in total. The molecule has 0 saturated carbocycles. The summed E-state index contributed by atoms with van der Waals surface area (Å²) >= 11 is 0. The fourth-order valence-corrected chi connectivity index (χ4v) is 12.8. The predicted molar refractivity (Wildman–Crippen MR) is 269 cm³/mol. The Labute approximate surface area is 373 Å². The van der Waals surface area contributed by atoms with Crippen LogP contribution in [0.15, 0.2) is 132 Å². The Balaban J connectivity index is 1.21. The summed E-state index contributed by atoms with van der Waals surface area (Å²) in [6.07, 6.45) is 3.45. The SMILES string of the molecule is Cc1cc2c3c(c1)N(c1cccc4c1oc1ccccc14)c1cc4c(cc1B3c1ccc(-c3ccccc3)cc1N2c1cc2c(cc1C)C(C)(C)CC2(C)C)C(C)(C)CCC4(C)C. The van der Waals surface area contributed by atoms with Gasteiger partial charge in [0.05, 0.1) is 5.69 Å². The summed E-state index contributed by atoms with van der Waals surface area (Å²) in [6, 6.07) is 48.8. The summed E-state index contributed by atoms with van der Waals surface area (Å²) in [6.45, 7) is 24.2. The van der Waals surface area contributed by atoms with Gasteiger partial charge in [0.15, 0.2) is 5.58 Å². The summed E-state index contributed by atoms with van der Waals surface area (Å²) in [5, 5.41) is 2.30.